The molecule has 0 bridgehead atoms. The van der Waals surface area contributed by atoms with Crippen molar-refractivity contribution in [1.82, 2.24) is 5.32 Å². The summed E-state index contributed by atoms with van der Waals surface area (Å²) >= 11 is 3.43. The van der Waals surface area contributed by atoms with Crippen LogP contribution in [-0.4, -0.2) is 51.2 Å². The Hall–Kier alpha value is -4.84. The van der Waals surface area contributed by atoms with Crippen molar-refractivity contribution in [3.05, 3.63) is 76.3 Å². The summed E-state index contributed by atoms with van der Waals surface area (Å²) in [4.78, 5) is 51.9. The summed E-state index contributed by atoms with van der Waals surface area (Å²) in [5.41, 5.74) is 0.901. The molecule has 3 aromatic carbocycles. The Morgan fingerprint density at radius 1 is 0.976 bits per heavy atom. The number of rotatable bonds is 10. The first-order chi connectivity index (χ1) is 19.7. The van der Waals surface area contributed by atoms with E-state index in [4.69, 9.17) is 18.9 Å². The van der Waals surface area contributed by atoms with E-state index in [2.05, 4.69) is 26.6 Å². The third-order valence-corrected chi connectivity index (χ3v) is 6.39. The lowest BCUT2D eigenvalue weighted by molar-refractivity contribution is -0.122. The van der Waals surface area contributed by atoms with Crippen LogP contribution in [0.5, 0.6) is 23.0 Å². The molecule has 12 heteroatoms. The third kappa shape index (κ3) is 6.67. The van der Waals surface area contributed by atoms with Crippen LogP contribution in [0, 0.1) is 0 Å². The number of hydrogen-bond donors (Lipinski definition) is 2. The number of hydrogen-bond acceptors (Lipinski definition) is 8. The van der Waals surface area contributed by atoms with Gasteiger partial charge in [0.05, 0.1) is 36.7 Å². The van der Waals surface area contributed by atoms with Gasteiger partial charge in [0.1, 0.15) is 17.1 Å². The molecule has 0 radical (unpaired) electrons. The van der Waals surface area contributed by atoms with E-state index in [0.717, 1.165) is 4.90 Å². The van der Waals surface area contributed by atoms with E-state index in [0.29, 0.717) is 27.2 Å². The zero-order valence-electron chi connectivity index (χ0n) is 22.4. The molecule has 0 atom stereocenters. The van der Waals surface area contributed by atoms with E-state index < -0.39 is 23.8 Å². The first-order valence-electron chi connectivity index (χ1n) is 12.3. The number of imide groups is 2. The number of methoxy groups -OCH3 is 2. The van der Waals surface area contributed by atoms with Crippen LogP contribution in [0.3, 0.4) is 0 Å². The number of nitrogens with zero attached hydrogens (tertiary/aromatic N) is 1. The molecule has 4 rings (SSSR count). The SMILES string of the molecule is CCOc1cc(/C=C2\C(=O)NC(=O)N(c3ccc(OC)cc3)C2=O)cc(Br)c1OCC(=O)Nc1ccccc1OC. The van der Waals surface area contributed by atoms with Crippen LogP contribution in [0.15, 0.2) is 70.7 Å². The number of halogens is 1. The number of barbiturate groups is 1. The zero-order valence-corrected chi connectivity index (χ0v) is 23.9. The standard InChI is InChI=1S/C29H26BrN3O8/c1-4-40-24-15-17(14-21(30)26(24)41-16-25(34)31-22-7-5-6-8-23(22)39-3)13-20-27(35)32-29(37)33(28(20)36)18-9-11-19(38-2)12-10-18/h5-15H,4,16H2,1-3H3,(H,31,34)(H,32,35,37)/b20-13+. The second kappa shape index (κ2) is 13.0. The van der Waals surface area contributed by atoms with Gasteiger partial charge in [0.15, 0.2) is 18.1 Å². The lowest BCUT2D eigenvalue weighted by Gasteiger charge is -2.26. The number of amides is 5. The molecule has 212 valence electrons. The van der Waals surface area contributed by atoms with Crippen molar-refractivity contribution in [2.24, 2.45) is 0 Å². The molecule has 0 aromatic heterocycles. The molecule has 0 unspecified atom stereocenters. The first kappa shape index (κ1) is 29.2. The molecular weight excluding hydrogens is 598 g/mol. The summed E-state index contributed by atoms with van der Waals surface area (Å²) < 4.78 is 22.3. The van der Waals surface area contributed by atoms with Crippen molar-refractivity contribution < 1.29 is 38.1 Å². The van der Waals surface area contributed by atoms with Gasteiger partial charge in [-0.1, -0.05) is 12.1 Å². The van der Waals surface area contributed by atoms with E-state index in [1.54, 1.807) is 55.5 Å². The van der Waals surface area contributed by atoms with Crippen molar-refractivity contribution in [2.45, 2.75) is 6.92 Å². The summed E-state index contributed by atoms with van der Waals surface area (Å²) in [6.07, 6.45) is 1.34. The zero-order chi connectivity index (χ0) is 29.5. The molecule has 0 spiro atoms. The number of para-hydroxylation sites is 2. The molecule has 0 saturated carbocycles. The molecule has 1 heterocycles. The average Bonchev–Trinajstić information content (AvgIpc) is 2.95. The smallest absolute Gasteiger partial charge is 0.335 e. The Morgan fingerprint density at radius 2 is 1.71 bits per heavy atom. The van der Waals surface area contributed by atoms with Crippen LogP contribution in [0.25, 0.3) is 6.08 Å². The Morgan fingerprint density at radius 3 is 2.39 bits per heavy atom. The Bertz CT molecular complexity index is 1520. The monoisotopic (exact) mass is 623 g/mol. The summed E-state index contributed by atoms with van der Waals surface area (Å²) in [6, 6.07) is 15.5. The molecule has 1 aliphatic rings. The number of carbonyl (C=O) groups is 4. The molecule has 3 aromatic rings. The van der Waals surface area contributed by atoms with Gasteiger partial charge in [0.2, 0.25) is 0 Å². The van der Waals surface area contributed by atoms with Crippen LogP contribution in [0.1, 0.15) is 12.5 Å². The maximum atomic E-state index is 13.3. The number of anilines is 2. The minimum absolute atomic E-state index is 0.249. The fourth-order valence-electron chi connectivity index (χ4n) is 3.94. The Labute approximate surface area is 244 Å². The Balaban J connectivity index is 1.57. The summed E-state index contributed by atoms with van der Waals surface area (Å²) in [5.74, 6) is -0.508. The maximum Gasteiger partial charge on any atom is 0.335 e. The van der Waals surface area contributed by atoms with Crippen molar-refractivity contribution in [2.75, 3.05) is 37.7 Å². The minimum atomic E-state index is -0.867. The number of nitrogens with one attached hydrogen (secondary N) is 2. The maximum absolute atomic E-state index is 13.3. The predicted molar refractivity (Wildman–Crippen MR) is 154 cm³/mol. The quantitative estimate of drug-likeness (QED) is 0.248. The normalized spacial score (nSPS) is 14.0. The highest BCUT2D eigenvalue weighted by Gasteiger charge is 2.37. The molecule has 11 nitrogen and oxygen atoms in total. The van der Waals surface area contributed by atoms with Gasteiger partial charge in [-0.05, 0) is 83.0 Å². The highest BCUT2D eigenvalue weighted by Crippen LogP contribution is 2.38. The molecule has 2 N–H and O–H groups in total. The van der Waals surface area contributed by atoms with Gasteiger partial charge in [-0.25, -0.2) is 9.69 Å². The van der Waals surface area contributed by atoms with Gasteiger partial charge in [0, 0.05) is 0 Å². The van der Waals surface area contributed by atoms with Crippen LogP contribution in [0.2, 0.25) is 0 Å². The van der Waals surface area contributed by atoms with Crippen LogP contribution >= 0.6 is 15.9 Å². The van der Waals surface area contributed by atoms with Gasteiger partial charge < -0.3 is 24.3 Å². The summed E-state index contributed by atoms with van der Waals surface area (Å²) in [7, 11) is 3.00. The number of urea groups is 1. The molecule has 41 heavy (non-hydrogen) atoms. The van der Waals surface area contributed by atoms with Crippen molar-refractivity contribution in [3.63, 3.8) is 0 Å². The van der Waals surface area contributed by atoms with Gasteiger partial charge in [-0.3, -0.25) is 19.7 Å². The second-order valence-corrected chi connectivity index (χ2v) is 9.31. The molecule has 1 saturated heterocycles. The lowest BCUT2D eigenvalue weighted by Crippen LogP contribution is -2.54. The average molecular weight is 624 g/mol. The first-order valence-corrected chi connectivity index (χ1v) is 13.1. The van der Waals surface area contributed by atoms with Crippen molar-refractivity contribution in [1.29, 1.82) is 0 Å². The highest BCUT2D eigenvalue weighted by molar-refractivity contribution is 9.10. The topological polar surface area (TPSA) is 132 Å². The Kier molecular flexibility index (Phi) is 9.25. The van der Waals surface area contributed by atoms with Gasteiger partial charge in [-0.15, -0.1) is 0 Å². The molecule has 1 aliphatic heterocycles. The van der Waals surface area contributed by atoms with Gasteiger partial charge >= 0.3 is 6.03 Å². The fourth-order valence-corrected chi connectivity index (χ4v) is 4.51. The van der Waals surface area contributed by atoms with Crippen LogP contribution in [0.4, 0.5) is 16.2 Å². The van der Waals surface area contributed by atoms with Gasteiger partial charge in [0.25, 0.3) is 17.7 Å². The largest absolute Gasteiger partial charge is 0.497 e. The van der Waals surface area contributed by atoms with E-state index >= 15 is 0 Å². The molecule has 1 fully saturated rings. The van der Waals surface area contributed by atoms with Crippen molar-refractivity contribution in [3.8, 4) is 23.0 Å². The summed E-state index contributed by atoms with van der Waals surface area (Å²) in [5, 5.41) is 4.92. The van der Waals surface area contributed by atoms with E-state index in [1.807, 2.05) is 0 Å². The predicted octanol–water partition coefficient (Wildman–Crippen LogP) is 4.55. The van der Waals surface area contributed by atoms with E-state index in [-0.39, 0.29) is 36.0 Å². The van der Waals surface area contributed by atoms with Crippen LogP contribution in [-0.2, 0) is 14.4 Å². The minimum Gasteiger partial charge on any atom is -0.497 e. The molecule has 0 aliphatic carbocycles. The van der Waals surface area contributed by atoms with Crippen molar-refractivity contribution >= 4 is 57.1 Å². The summed E-state index contributed by atoms with van der Waals surface area (Å²) in [6.45, 7) is 1.71. The van der Waals surface area contributed by atoms with Gasteiger partial charge in [-0.2, -0.15) is 0 Å². The number of ether oxygens (including phenoxy) is 4. The molecule has 5 amide bonds. The second-order valence-electron chi connectivity index (χ2n) is 8.46. The molecular formula is C29H26BrN3O8. The van der Waals surface area contributed by atoms with E-state index in [1.165, 1.54) is 32.4 Å². The van der Waals surface area contributed by atoms with Crippen LogP contribution < -0.4 is 34.5 Å². The van der Waals surface area contributed by atoms with E-state index in [9.17, 15) is 19.2 Å². The number of benzene rings is 3. The fraction of sp³-hybridized carbons (Fsp3) is 0.172. The highest BCUT2D eigenvalue weighted by atomic mass is 79.9. The number of carbonyl (C=O) groups excluding carboxylic acids is 4. The third-order valence-electron chi connectivity index (χ3n) is 5.80. The lowest BCUT2D eigenvalue weighted by atomic mass is 10.1.